The Hall–Kier alpha value is -2.09. The van der Waals surface area contributed by atoms with Crippen LogP contribution in [0.3, 0.4) is 0 Å². The molecule has 2 aliphatic heterocycles. The lowest BCUT2D eigenvalue weighted by molar-refractivity contribution is -0.122. The van der Waals surface area contributed by atoms with Gasteiger partial charge < -0.3 is 14.2 Å². The summed E-state index contributed by atoms with van der Waals surface area (Å²) in [5.41, 5.74) is 5.73. The van der Waals surface area contributed by atoms with Gasteiger partial charge >= 0.3 is 0 Å². The zero-order chi connectivity index (χ0) is 23.7. The van der Waals surface area contributed by atoms with E-state index in [1.807, 2.05) is 11.0 Å². The highest BCUT2D eigenvalue weighted by Gasteiger charge is 2.32. The van der Waals surface area contributed by atoms with E-state index in [4.69, 9.17) is 17.0 Å². The van der Waals surface area contributed by atoms with E-state index >= 15 is 0 Å². The van der Waals surface area contributed by atoms with E-state index in [0.29, 0.717) is 4.32 Å². The number of hydrogen-bond donors (Lipinski definition) is 0. The molecule has 0 radical (unpaired) electrons. The average molecular weight is 496 g/mol. The van der Waals surface area contributed by atoms with E-state index in [9.17, 15) is 4.79 Å². The molecule has 5 nitrogen and oxygen atoms in total. The number of thioether (sulfide) groups is 1. The van der Waals surface area contributed by atoms with Gasteiger partial charge in [-0.05, 0) is 68.2 Å². The summed E-state index contributed by atoms with van der Waals surface area (Å²) >= 11 is 7.01. The molecule has 0 bridgehead atoms. The summed E-state index contributed by atoms with van der Waals surface area (Å²) in [6.45, 7) is 8.43. The molecule has 2 aromatic rings. The molecule has 1 amide bonds. The summed E-state index contributed by atoms with van der Waals surface area (Å²) in [7, 11) is 0. The molecule has 0 atom stereocenters. The smallest absolute Gasteiger partial charge is 0.266 e. The molecular weight excluding hydrogens is 462 g/mol. The van der Waals surface area contributed by atoms with Crippen LogP contribution in [0.25, 0.3) is 11.8 Å². The summed E-state index contributed by atoms with van der Waals surface area (Å²) < 4.78 is 8.43. The molecule has 1 aliphatic carbocycles. The first-order valence-corrected chi connectivity index (χ1v) is 13.6. The van der Waals surface area contributed by atoms with E-state index in [1.165, 1.54) is 43.1 Å². The minimum absolute atomic E-state index is 0.0627. The fraction of sp³-hybridized carbons (Fsp3) is 0.481. The third-order valence-electron chi connectivity index (χ3n) is 7.35. The van der Waals surface area contributed by atoms with Crippen LogP contribution in [0.4, 0.5) is 5.69 Å². The Morgan fingerprint density at radius 2 is 1.76 bits per heavy atom. The molecule has 1 saturated carbocycles. The Kier molecular flexibility index (Phi) is 7.14. The van der Waals surface area contributed by atoms with Gasteiger partial charge in [0.25, 0.3) is 5.91 Å². The second-order valence-electron chi connectivity index (χ2n) is 9.55. The molecule has 34 heavy (non-hydrogen) atoms. The Morgan fingerprint density at radius 1 is 1.09 bits per heavy atom. The van der Waals surface area contributed by atoms with Crippen LogP contribution in [0, 0.1) is 19.8 Å². The molecule has 3 heterocycles. The number of ether oxygens (including phenoxy) is 1. The fourth-order valence-corrected chi connectivity index (χ4v) is 6.71. The molecule has 5 rings (SSSR count). The van der Waals surface area contributed by atoms with Gasteiger partial charge in [0.1, 0.15) is 4.32 Å². The molecule has 3 fully saturated rings. The van der Waals surface area contributed by atoms with Crippen LogP contribution < -0.4 is 4.90 Å². The number of amides is 1. The number of thiocarbonyl (C=S) groups is 1. The van der Waals surface area contributed by atoms with Crippen LogP contribution in [0.15, 0.2) is 35.2 Å². The SMILES string of the molecule is Cc1cc(/C=C2\SC(=S)N(CCC3CCCC3)C2=O)c(C)n1-c1ccc(N2CCOCC2)cc1. The van der Waals surface area contributed by atoms with E-state index < -0.39 is 0 Å². The van der Waals surface area contributed by atoms with Crippen molar-refractivity contribution in [2.45, 2.75) is 46.0 Å². The van der Waals surface area contributed by atoms with Crippen LogP contribution in [0.1, 0.15) is 49.1 Å². The fourth-order valence-electron chi connectivity index (χ4n) is 5.41. The van der Waals surface area contributed by atoms with Gasteiger partial charge in [-0.2, -0.15) is 0 Å². The zero-order valence-corrected chi connectivity index (χ0v) is 21.7. The van der Waals surface area contributed by atoms with Crippen LogP contribution in [-0.2, 0) is 9.53 Å². The standard InChI is InChI=1S/C27H33N3O2S2/c1-19-17-22(18-25-26(31)29(27(33)34-25)12-11-21-5-3-4-6-21)20(2)30(19)24-9-7-23(8-10-24)28-13-15-32-16-14-28/h7-10,17-18,21H,3-6,11-16H2,1-2H3/b25-18-. The molecule has 1 aromatic heterocycles. The van der Waals surface area contributed by atoms with E-state index in [2.05, 4.69) is 53.6 Å². The molecule has 3 aliphatic rings. The second kappa shape index (κ2) is 10.3. The number of aryl methyl sites for hydroxylation is 1. The number of carbonyl (C=O) groups is 1. The summed E-state index contributed by atoms with van der Waals surface area (Å²) in [5, 5.41) is 0. The third-order valence-corrected chi connectivity index (χ3v) is 8.73. The summed E-state index contributed by atoms with van der Waals surface area (Å²) in [5.74, 6) is 0.815. The first-order chi connectivity index (χ1) is 16.5. The van der Waals surface area contributed by atoms with Crippen molar-refractivity contribution in [2.24, 2.45) is 5.92 Å². The number of anilines is 1. The second-order valence-corrected chi connectivity index (χ2v) is 11.2. The van der Waals surface area contributed by atoms with E-state index in [1.54, 1.807) is 0 Å². The maximum atomic E-state index is 13.1. The topological polar surface area (TPSA) is 37.7 Å². The van der Waals surface area contributed by atoms with Crippen LogP contribution in [0.5, 0.6) is 0 Å². The Balaban J connectivity index is 1.32. The first-order valence-electron chi connectivity index (χ1n) is 12.4. The lowest BCUT2D eigenvalue weighted by Gasteiger charge is -2.29. The van der Waals surface area contributed by atoms with Crippen LogP contribution in [0.2, 0.25) is 0 Å². The normalized spacial score (nSPS) is 20.8. The van der Waals surface area contributed by atoms with Gasteiger partial charge in [-0.15, -0.1) is 0 Å². The quantitative estimate of drug-likeness (QED) is 0.379. The van der Waals surface area contributed by atoms with Gasteiger partial charge in [0.2, 0.25) is 0 Å². The monoisotopic (exact) mass is 495 g/mol. The maximum absolute atomic E-state index is 13.1. The molecule has 7 heteroatoms. The highest BCUT2D eigenvalue weighted by molar-refractivity contribution is 8.26. The lowest BCUT2D eigenvalue weighted by Crippen LogP contribution is -2.36. The van der Waals surface area contributed by atoms with Gasteiger partial charge in [-0.25, -0.2) is 0 Å². The number of hydrogen-bond acceptors (Lipinski definition) is 5. The number of rotatable bonds is 6. The zero-order valence-electron chi connectivity index (χ0n) is 20.1. The van der Waals surface area contributed by atoms with E-state index in [0.717, 1.165) is 72.7 Å². The molecule has 0 spiro atoms. The molecule has 2 saturated heterocycles. The van der Waals surface area contributed by atoms with Gasteiger partial charge in [0.15, 0.2) is 0 Å². The van der Waals surface area contributed by atoms with Crippen LogP contribution in [-0.4, -0.2) is 52.5 Å². The summed E-state index contributed by atoms with van der Waals surface area (Å²) in [6.07, 6.45) is 8.33. The van der Waals surface area contributed by atoms with Crippen molar-refractivity contribution in [1.29, 1.82) is 0 Å². The number of benzene rings is 1. The Bertz CT molecular complexity index is 1090. The number of aromatic nitrogens is 1. The van der Waals surface area contributed by atoms with Crippen molar-refractivity contribution in [3.63, 3.8) is 0 Å². The van der Waals surface area contributed by atoms with E-state index in [-0.39, 0.29) is 5.91 Å². The lowest BCUT2D eigenvalue weighted by atomic mass is 10.0. The highest BCUT2D eigenvalue weighted by Crippen LogP contribution is 2.36. The van der Waals surface area contributed by atoms with Gasteiger partial charge in [-0.1, -0.05) is 49.7 Å². The molecular formula is C27H33N3O2S2. The summed E-state index contributed by atoms with van der Waals surface area (Å²) in [4.78, 5) is 18.0. The molecule has 0 N–H and O–H groups in total. The van der Waals surface area contributed by atoms with Gasteiger partial charge in [-0.3, -0.25) is 9.69 Å². The predicted octanol–water partition coefficient (Wildman–Crippen LogP) is 5.71. The highest BCUT2D eigenvalue weighted by atomic mass is 32.2. The van der Waals surface area contributed by atoms with Crippen LogP contribution >= 0.6 is 24.0 Å². The minimum atomic E-state index is 0.0627. The maximum Gasteiger partial charge on any atom is 0.266 e. The van der Waals surface area contributed by atoms with Crippen molar-refractivity contribution in [3.8, 4) is 5.69 Å². The summed E-state index contributed by atoms with van der Waals surface area (Å²) in [6, 6.07) is 10.9. The van der Waals surface area contributed by atoms with Crippen molar-refractivity contribution in [2.75, 3.05) is 37.7 Å². The van der Waals surface area contributed by atoms with Gasteiger partial charge in [0.05, 0.1) is 18.1 Å². The molecule has 1 aromatic carbocycles. The Labute approximate surface area is 212 Å². The minimum Gasteiger partial charge on any atom is -0.378 e. The van der Waals surface area contributed by atoms with Crippen molar-refractivity contribution >= 4 is 46.0 Å². The predicted molar refractivity (Wildman–Crippen MR) is 145 cm³/mol. The molecule has 0 unspecified atom stereocenters. The third kappa shape index (κ3) is 4.83. The van der Waals surface area contributed by atoms with Crippen molar-refractivity contribution in [3.05, 3.63) is 52.2 Å². The number of morpholine rings is 1. The van der Waals surface area contributed by atoms with Crippen molar-refractivity contribution < 1.29 is 9.53 Å². The number of nitrogens with zero attached hydrogens (tertiary/aromatic N) is 3. The van der Waals surface area contributed by atoms with Gasteiger partial charge in [0, 0.05) is 42.4 Å². The Morgan fingerprint density at radius 3 is 2.47 bits per heavy atom. The molecule has 180 valence electrons. The largest absolute Gasteiger partial charge is 0.378 e. The average Bonchev–Trinajstić information content (AvgIpc) is 3.53. The first kappa shape index (κ1) is 23.6. The van der Waals surface area contributed by atoms with Crippen molar-refractivity contribution in [1.82, 2.24) is 9.47 Å². The number of carbonyl (C=O) groups excluding carboxylic acids is 1.